The number of nitrogens with zero attached hydrogens (tertiary/aromatic N) is 2. The lowest BCUT2D eigenvalue weighted by Gasteiger charge is -2.26. The van der Waals surface area contributed by atoms with Gasteiger partial charge in [-0.3, -0.25) is 0 Å². The average Bonchev–Trinajstić information content (AvgIpc) is 3.39. The van der Waals surface area contributed by atoms with E-state index in [1.165, 1.54) is 44.2 Å². The Morgan fingerprint density at radius 1 is 0.824 bits per heavy atom. The van der Waals surface area contributed by atoms with Crippen molar-refractivity contribution in [1.82, 2.24) is 0 Å². The molecule has 0 spiro atoms. The predicted octanol–water partition coefficient (Wildman–Crippen LogP) is 13.1. The second kappa shape index (κ2) is 16.1. The normalized spacial score (nSPS) is 21.5. The number of hydrogen-bond acceptors (Lipinski definition) is 1. The highest BCUT2D eigenvalue weighted by Gasteiger charge is 2.23. The molecular weight excluding hydrogens is 617 g/mol. The minimum atomic E-state index is 0.300. The highest BCUT2D eigenvalue weighted by atomic mass is 14.9. The van der Waals surface area contributed by atoms with Crippen LogP contribution in [-0.4, -0.2) is 11.5 Å². The van der Waals surface area contributed by atoms with E-state index in [9.17, 15) is 0 Å². The Morgan fingerprint density at radius 3 is 2.51 bits per heavy atom. The second-order valence-corrected chi connectivity index (χ2v) is 14.0. The maximum absolute atomic E-state index is 5.29. The van der Waals surface area contributed by atoms with Crippen LogP contribution in [0.1, 0.15) is 80.9 Å². The fourth-order valence-electron chi connectivity index (χ4n) is 7.74. The van der Waals surface area contributed by atoms with Gasteiger partial charge in [0.2, 0.25) is 0 Å². The second-order valence-electron chi connectivity index (χ2n) is 14.0. The summed E-state index contributed by atoms with van der Waals surface area (Å²) in [6.45, 7) is 10.5. The zero-order valence-corrected chi connectivity index (χ0v) is 29.9. The van der Waals surface area contributed by atoms with Crippen molar-refractivity contribution in [2.45, 2.75) is 64.2 Å². The van der Waals surface area contributed by atoms with Crippen molar-refractivity contribution in [3.8, 4) is 0 Å². The maximum Gasteiger partial charge on any atom is 0.132 e. The van der Waals surface area contributed by atoms with E-state index >= 15 is 0 Å². The molecule has 51 heavy (non-hydrogen) atoms. The summed E-state index contributed by atoms with van der Waals surface area (Å²) in [5.74, 6) is 1.68. The molecule has 0 amide bonds. The summed E-state index contributed by atoms with van der Waals surface area (Å²) >= 11 is 0. The van der Waals surface area contributed by atoms with E-state index in [1.807, 2.05) is 12.2 Å². The number of hydrogen-bond donors (Lipinski definition) is 0. The third kappa shape index (κ3) is 8.02. The van der Waals surface area contributed by atoms with E-state index in [2.05, 4.69) is 148 Å². The molecule has 2 unspecified atom stereocenters. The molecule has 0 heterocycles. The molecule has 2 atom stereocenters. The van der Waals surface area contributed by atoms with Crippen LogP contribution in [0, 0.1) is 5.92 Å². The molecule has 0 radical (unpaired) electrons. The van der Waals surface area contributed by atoms with Crippen LogP contribution in [0.4, 0.5) is 0 Å². The smallest absolute Gasteiger partial charge is 0.132 e. The van der Waals surface area contributed by atoms with Crippen LogP contribution < -0.4 is 0 Å². The number of aliphatic imine (C=N–C) groups is 2. The van der Waals surface area contributed by atoms with Crippen LogP contribution in [-0.2, 0) is 0 Å². The lowest BCUT2D eigenvalue weighted by Crippen LogP contribution is -2.16. The van der Waals surface area contributed by atoms with Gasteiger partial charge < -0.3 is 0 Å². The summed E-state index contributed by atoms with van der Waals surface area (Å²) < 4.78 is 0. The van der Waals surface area contributed by atoms with E-state index < -0.39 is 0 Å². The summed E-state index contributed by atoms with van der Waals surface area (Å²) in [6.07, 6.45) is 34.8. The summed E-state index contributed by atoms with van der Waals surface area (Å²) in [5, 5.41) is 2.55. The van der Waals surface area contributed by atoms with Crippen LogP contribution >= 0.6 is 0 Å². The Bertz CT molecular complexity index is 2140. The third-order valence-corrected chi connectivity index (χ3v) is 10.5. The molecule has 0 N–H and O–H groups in total. The summed E-state index contributed by atoms with van der Waals surface area (Å²) in [4.78, 5) is 10.5. The van der Waals surface area contributed by atoms with Crippen molar-refractivity contribution in [2.75, 3.05) is 0 Å². The van der Waals surface area contributed by atoms with E-state index in [0.29, 0.717) is 11.8 Å². The summed E-state index contributed by atoms with van der Waals surface area (Å²) in [5.41, 5.74) is 12.0. The molecule has 4 aliphatic rings. The first kappa shape index (κ1) is 34.1. The van der Waals surface area contributed by atoms with Crippen molar-refractivity contribution in [3.05, 3.63) is 197 Å². The Hall–Kier alpha value is -5.34. The van der Waals surface area contributed by atoms with Crippen LogP contribution in [0.5, 0.6) is 0 Å². The topological polar surface area (TPSA) is 24.7 Å². The molecule has 3 aromatic rings. The third-order valence-electron chi connectivity index (χ3n) is 10.5. The van der Waals surface area contributed by atoms with Crippen LogP contribution in [0.3, 0.4) is 0 Å². The molecule has 2 nitrogen and oxygen atoms in total. The summed E-state index contributed by atoms with van der Waals surface area (Å²) in [6, 6.07) is 24.4. The fourth-order valence-corrected chi connectivity index (χ4v) is 7.74. The number of allylic oxidation sites excluding steroid dienone is 16. The largest absolute Gasteiger partial charge is 0.237 e. The highest BCUT2D eigenvalue weighted by Crippen LogP contribution is 2.41. The van der Waals surface area contributed by atoms with Crippen molar-refractivity contribution in [2.24, 2.45) is 15.9 Å². The molecule has 0 bridgehead atoms. The molecule has 7 rings (SSSR count). The van der Waals surface area contributed by atoms with E-state index in [4.69, 9.17) is 9.98 Å². The van der Waals surface area contributed by atoms with Gasteiger partial charge in [0.1, 0.15) is 5.84 Å². The van der Waals surface area contributed by atoms with Gasteiger partial charge in [-0.1, -0.05) is 135 Å². The highest BCUT2D eigenvalue weighted by molar-refractivity contribution is 6.07. The maximum atomic E-state index is 5.29. The Labute approximate surface area is 304 Å². The quantitative estimate of drug-likeness (QED) is 0.0991. The molecule has 2 heteroatoms. The predicted molar refractivity (Wildman–Crippen MR) is 220 cm³/mol. The zero-order chi connectivity index (χ0) is 35.0. The van der Waals surface area contributed by atoms with Gasteiger partial charge in [0.05, 0.1) is 5.70 Å². The standard InChI is InChI=1S/C49H48N2/c1-4-16-48(40-19-7-5-8-20-40)51-49(41-21-9-6-10-22-41)50-36(3)42-24-14-25-43(34-42)37-29-31-39(32-30-37)47-33-35(2)17-13-27-46(47)45-28-15-23-38-18-11-12-26-44(38)45/h4,6-7,9,11-20,23-28,31,33-34,37,41H,1-2,5,8,10,21-22,29-30,32H2,3H3/b48-16+,50-36?,51-49?. The molecule has 0 aliphatic heterocycles. The molecule has 0 fully saturated rings. The van der Waals surface area contributed by atoms with Gasteiger partial charge >= 0.3 is 0 Å². The lowest BCUT2D eigenvalue weighted by atomic mass is 9.79. The Morgan fingerprint density at radius 2 is 1.71 bits per heavy atom. The zero-order valence-electron chi connectivity index (χ0n) is 29.9. The van der Waals surface area contributed by atoms with Crippen molar-refractivity contribution in [1.29, 1.82) is 0 Å². The minimum absolute atomic E-state index is 0.300. The van der Waals surface area contributed by atoms with Crippen LogP contribution in [0.15, 0.2) is 191 Å². The Kier molecular flexibility index (Phi) is 10.8. The van der Waals surface area contributed by atoms with Crippen molar-refractivity contribution >= 4 is 27.9 Å². The van der Waals surface area contributed by atoms with Gasteiger partial charge in [-0.05, 0) is 138 Å². The molecule has 4 aliphatic carbocycles. The first-order valence-electron chi connectivity index (χ1n) is 18.6. The van der Waals surface area contributed by atoms with E-state index in [-0.39, 0.29) is 0 Å². The van der Waals surface area contributed by atoms with E-state index in [0.717, 1.165) is 79.8 Å². The van der Waals surface area contributed by atoms with Crippen molar-refractivity contribution < 1.29 is 0 Å². The molecule has 0 saturated heterocycles. The molecule has 0 aromatic heterocycles. The fraction of sp³-hybridized carbons (Fsp3) is 0.224. The first-order chi connectivity index (χ1) is 25.1. The van der Waals surface area contributed by atoms with Gasteiger partial charge in [0, 0.05) is 11.6 Å². The van der Waals surface area contributed by atoms with Gasteiger partial charge in [0.25, 0.3) is 0 Å². The van der Waals surface area contributed by atoms with E-state index in [1.54, 1.807) is 0 Å². The molecule has 3 aromatic carbocycles. The monoisotopic (exact) mass is 664 g/mol. The van der Waals surface area contributed by atoms with Crippen molar-refractivity contribution in [3.63, 3.8) is 0 Å². The van der Waals surface area contributed by atoms with Gasteiger partial charge in [-0.25, -0.2) is 9.98 Å². The number of amidine groups is 1. The SMILES string of the molecule is C=C/C=C(/N=C(N=C(C)c1cccc(C2CC=C(C3=CC(=C)C=CC=C3c3cccc4ccccc34)CC2)c1)C1CC=CCC1)C1=CCCC=C1. The minimum Gasteiger partial charge on any atom is -0.237 e. The lowest BCUT2D eigenvalue weighted by molar-refractivity contribution is 0.603. The average molecular weight is 665 g/mol. The molecule has 0 saturated carbocycles. The van der Waals surface area contributed by atoms with Crippen LogP contribution in [0.25, 0.3) is 16.3 Å². The van der Waals surface area contributed by atoms with Gasteiger partial charge in [0.15, 0.2) is 0 Å². The number of rotatable bonds is 8. The molecular formula is C49H48N2. The Balaban J connectivity index is 1.15. The first-order valence-corrected chi connectivity index (χ1v) is 18.6. The van der Waals surface area contributed by atoms with Gasteiger partial charge in [-0.15, -0.1) is 0 Å². The number of fused-ring (bicyclic) bond motifs is 1. The number of benzene rings is 3. The molecule has 254 valence electrons. The van der Waals surface area contributed by atoms with Gasteiger partial charge in [-0.2, -0.15) is 0 Å². The summed E-state index contributed by atoms with van der Waals surface area (Å²) in [7, 11) is 0. The van der Waals surface area contributed by atoms with Crippen LogP contribution in [0.2, 0.25) is 0 Å².